The number of benzene rings is 3. The lowest BCUT2D eigenvalue weighted by Crippen LogP contribution is -2.16. The molecule has 0 fully saturated rings. The van der Waals surface area contributed by atoms with Gasteiger partial charge in [-0.05, 0) is 35.9 Å². The number of nitrogens with zero attached hydrogens (tertiary/aromatic N) is 3. The standard InChI is InChI=1S/C25H23ClN4O3S/c1-32-22-13-12-19(26)14-21(22)27-24(31)17-34-25-29-28-23(16-33-20-10-6-3-7-11-20)30(25)15-18-8-4-2-5-9-18/h2-14H,15-17H2,1H3,(H,27,31). The van der Waals surface area contributed by atoms with E-state index in [0.29, 0.717) is 34.0 Å². The summed E-state index contributed by atoms with van der Waals surface area (Å²) in [6, 6.07) is 24.6. The van der Waals surface area contributed by atoms with E-state index in [2.05, 4.69) is 15.5 Å². The Bertz CT molecular complexity index is 1240. The summed E-state index contributed by atoms with van der Waals surface area (Å²) in [6.07, 6.45) is 0. The van der Waals surface area contributed by atoms with Crippen molar-refractivity contribution in [3.63, 3.8) is 0 Å². The fourth-order valence-electron chi connectivity index (χ4n) is 3.22. The third-order valence-corrected chi connectivity index (χ3v) is 6.06. The predicted octanol–water partition coefficient (Wildman–Crippen LogP) is 5.30. The Hall–Kier alpha value is -3.49. The quantitative estimate of drug-likeness (QED) is 0.301. The number of anilines is 1. The normalized spacial score (nSPS) is 10.6. The molecule has 0 aliphatic rings. The van der Waals surface area contributed by atoms with Crippen molar-refractivity contribution >= 4 is 35.0 Å². The maximum atomic E-state index is 12.6. The summed E-state index contributed by atoms with van der Waals surface area (Å²) in [5, 5.41) is 12.6. The van der Waals surface area contributed by atoms with E-state index < -0.39 is 0 Å². The molecule has 3 aromatic carbocycles. The van der Waals surface area contributed by atoms with E-state index in [1.165, 1.54) is 11.8 Å². The van der Waals surface area contributed by atoms with Gasteiger partial charge in [-0.15, -0.1) is 10.2 Å². The molecule has 0 radical (unpaired) electrons. The van der Waals surface area contributed by atoms with E-state index in [-0.39, 0.29) is 18.3 Å². The first kappa shape index (κ1) is 23.7. The van der Waals surface area contributed by atoms with Gasteiger partial charge in [0.2, 0.25) is 5.91 Å². The number of rotatable bonds is 10. The molecule has 1 amide bonds. The number of carbonyl (C=O) groups excluding carboxylic acids is 1. The van der Waals surface area contributed by atoms with E-state index in [1.807, 2.05) is 65.2 Å². The second kappa shape index (κ2) is 11.6. The van der Waals surface area contributed by atoms with Gasteiger partial charge in [-0.25, -0.2) is 0 Å². The molecule has 4 rings (SSSR count). The Morgan fingerprint density at radius 3 is 2.50 bits per heavy atom. The van der Waals surface area contributed by atoms with Crippen molar-refractivity contribution < 1.29 is 14.3 Å². The fraction of sp³-hybridized carbons (Fsp3) is 0.160. The molecule has 1 N–H and O–H groups in total. The molecule has 34 heavy (non-hydrogen) atoms. The molecule has 1 heterocycles. The minimum atomic E-state index is -0.207. The Kier molecular flexibility index (Phi) is 8.06. The molecule has 0 bridgehead atoms. The first-order chi connectivity index (χ1) is 16.6. The van der Waals surface area contributed by atoms with Crippen molar-refractivity contribution in [2.24, 2.45) is 0 Å². The highest BCUT2D eigenvalue weighted by Gasteiger charge is 2.16. The molecular formula is C25H23ClN4O3S. The number of carbonyl (C=O) groups is 1. The van der Waals surface area contributed by atoms with Gasteiger partial charge in [0.25, 0.3) is 0 Å². The average Bonchev–Trinajstić information content (AvgIpc) is 3.24. The molecule has 0 saturated heterocycles. The lowest BCUT2D eigenvalue weighted by Gasteiger charge is -2.12. The van der Waals surface area contributed by atoms with Crippen LogP contribution in [0.15, 0.2) is 84.0 Å². The SMILES string of the molecule is COc1ccc(Cl)cc1NC(=O)CSc1nnc(COc2ccccc2)n1Cc1ccccc1. The molecular weight excluding hydrogens is 472 g/mol. The Balaban J connectivity index is 1.47. The summed E-state index contributed by atoms with van der Waals surface area (Å²) in [5.74, 6) is 1.90. The van der Waals surface area contributed by atoms with Gasteiger partial charge in [-0.1, -0.05) is 71.9 Å². The monoisotopic (exact) mass is 494 g/mol. The minimum Gasteiger partial charge on any atom is -0.495 e. The summed E-state index contributed by atoms with van der Waals surface area (Å²) in [7, 11) is 1.54. The van der Waals surface area contributed by atoms with Crippen molar-refractivity contribution in [3.8, 4) is 11.5 Å². The number of hydrogen-bond donors (Lipinski definition) is 1. The maximum Gasteiger partial charge on any atom is 0.234 e. The number of nitrogens with one attached hydrogen (secondary N) is 1. The van der Waals surface area contributed by atoms with E-state index >= 15 is 0 Å². The Labute approximate surface area is 207 Å². The molecule has 1 aromatic heterocycles. The highest BCUT2D eigenvalue weighted by atomic mass is 35.5. The summed E-state index contributed by atoms with van der Waals surface area (Å²) < 4.78 is 13.2. The zero-order valence-corrected chi connectivity index (χ0v) is 20.1. The summed E-state index contributed by atoms with van der Waals surface area (Å²) in [5.41, 5.74) is 1.61. The zero-order chi connectivity index (χ0) is 23.8. The lowest BCUT2D eigenvalue weighted by atomic mass is 10.2. The maximum absolute atomic E-state index is 12.6. The number of hydrogen-bond acceptors (Lipinski definition) is 6. The van der Waals surface area contributed by atoms with E-state index in [0.717, 1.165) is 11.3 Å². The van der Waals surface area contributed by atoms with Crippen LogP contribution in [0.2, 0.25) is 5.02 Å². The number of methoxy groups -OCH3 is 1. The summed E-state index contributed by atoms with van der Waals surface area (Å²) >= 11 is 7.36. The highest BCUT2D eigenvalue weighted by Crippen LogP contribution is 2.28. The van der Waals surface area contributed by atoms with Gasteiger partial charge >= 0.3 is 0 Å². The second-order valence-electron chi connectivity index (χ2n) is 7.25. The second-order valence-corrected chi connectivity index (χ2v) is 8.63. The van der Waals surface area contributed by atoms with Crippen LogP contribution in [-0.4, -0.2) is 33.5 Å². The summed E-state index contributed by atoms with van der Waals surface area (Å²) in [6.45, 7) is 0.823. The number of para-hydroxylation sites is 1. The third kappa shape index (κ3) is 6.30. The van der Waals surface area contributed by atoms with Gasteiger partial charge in [0.1, 0.15) is 18.1 Å². The van der Waals surface area contributed by atoms with E-state index in [1.54, 1.807) is 25.3 Å². The summed E-state index contributed by atoms with van der Waals surface area (Å²) in [4.78, 5) is 12.6. The highest BCUT2D eigenvalue weighted by molar-refractivity contribution is 7.99. The van der Waals surface area contributed by atoms with Gasteiger partial charge in [-0.2, -0.15) is 0 Å². The van der Waals surface area contributed by atoms with Crippen LogP contribution in [0, 0.1) is 0 Å². The van der Waals surface area contributed by atoms with Crippen LogP contribution in [0.5, 0.6) is 11.5 Å². The van der Waals surface area contributed by atoms with E-state index in [9.17, 15) is 4.79 Å². The van der Waals surface area contributed by atoms with E-state index in [4.69, 9.17) is 21.1 Å². The number of amides is 1. The molecule has 4 aromatic rings. The molecule has 0 saturated carbocycles. The minimum absolute atomic E-state index is 0.141. The molecule has 0 unspecified atom stereocenters. The molecule has 0 aliphatic heterocycles. The van der Waals surface area contributed by atoms with Gasteiger partial charge in [-0.3, -0.25) is 9.36 Å². The van der Waals surface area contributed by atoms with Crippen LogP contribution in [0.25, 0.3) is 0 Å². The first-order valence-electron chi connectivity index (χ1n) is 10.5. The van der Waals surface area contributed by atoms with Crippen LogP contribution in [-0.2, 0) is 17.9 Å². The van der Waals surface area contributed by atoms with Crippen LogP contribution in [0.3, 0.4) is 0 Å². The van der Waals surface area contributed by atoms with Crippen molar-refractivity contribution in [1.82, 2.24) is 14.8 Å². The van der Waals surface area contributed by atoms with Crippen LogP contribution in [0.1, 0.15) is 11.4 Å². The number of halogens is 1. The van der Waals surface area contributed by atoms with Gasteiger partial charge in [0.15, 0.2) is 11.0 Å². The van der Waals surface area contributed by atoms with Crippen molar-refractivity contribution in [2.45, 2.75) is 18.3 Å². The number of ether oxygens (including phenoxy) is 2. The van der Waals surface area contributed by atoms with Crippen molar-refractivity contribution in [3.05, 3.63) is 95.3 Å². The van der Waals surface area contributed by atoms with Crippen molar-refractivity contribution in [2.75, 3.05) is 18.2 Å². The first-order valence-corrected chi connectivity index (χ1v) is 11.9. The van der Waals surface area contributed by atoms with Gasteiger partial charge in [0, 0.05) is 5.02 Å². The van der Waals surface area contributed by atoms with Gasteiger partial charge < -0.3 is 14.8 Å². The van der Waals surface area contributed by atoms with Gasteiger partial charge in [0.05, 0.1) is 25.1 Å². The molecule has 0 atom stereocenters. The zero-order valence-electron chi connectivity index (χ0n) is 18.5. The Morgan fingerprint density at radius 1 is 1.03 bits per heavy atom. The molecule has 0 spiro atoms. The van der Waals surface area contributed by atoms with Crippen LogP contribution in [0.4, 0.5) is 5.69 Å². The van der Waals surface area contributed by atoms with Crippen molar-refractivity contribution in [1.29, 1.82) is 0 Å². The fourth-order valence-corrected chi connectivity index (χ4v) is 4.14. The molecule has 9 heteroatoms. The van der Waals surface area contributed by atoms with Crippen LogP contribution < -0.4 is 14.8 Å². The average molecular weight is 495 g/mol. The smallest absolute Gasteiger partial charge is 0.234 e. The molecule has 7 nitrogen and oxygen atoms in total. The topological polar surface area (TPSA) is 78.3 Å². The predicted molar refractivity (Wildman–Crippen MR) is 134 cm³/mol. The molecule has 0 aliphatic carbocycles. The third-order valence-electron chi connectivity index (χ3n) is 4.86. The molecule has 174 valence electrons. The largest absolute Gasteiger partial charge is 0.495 e. The Morgan fingerprint density at radius 2 is 1.76 bits per heavy atom. The lowest BCUT2D eigenvalue weighted by molar-refractivity contribution is -0.113. The van der Waals surface area contributed by atoms with Crippen LogP contribution >= 0.6 is 23.4 Å². The number of thioether (sulfide) groups is 1. The number of aromatic nitrogens is 3.